The van der Waals surface area contributed by atoms with E-state index in [1.165, 1.54) is 12.1 Å². The second-order valence-corrected chi connectivity index (χ2v) is 6.00. The Kier molecular flexibility index (Phi) is 5.01. The highest BCUT2D eigenvalue weighted by Crippen LogP contribution is 2.32. The van der Waals surface area contributed by atoms with Gasteiger partial charge in [-0.15, -0.1) is 0 Å². The number of carbonyl (C=O) groups is 2. The monoisotopic (exact) mass is 358 g/mol. The summed E-state index contributed by atoms with van der Waals surface area (Å²) in [5.41, 5.74) is 4.28. The van der Waals surface area contributed by atoms with Gasteiger partial charge in [-0.3, -0.25) is 9.59 Å². The van der Waals surface area contributed by atoms with Gasteiger partial charge in [0.15, 0.2) is 0 Å². The summed E-state index contributed by atoms with van der Waals surface area (Å²) in [6.07, 6.45) is 3.47. The molecule has 26 heavy (non-hydrogen) atoms. The van der Waals surface area contributed by atoms with Crippen molar-refractivity contribution in [2.24, 2.45) is 0 Å². The van der Waals surface area contributed by atoms with Crippen molar-refractivity contribution >= 4 is 23.3 Å². The van der Waals surface area contributed by atoms with E-state index in [9.17, 15) is 9.18 Å². The number of amides is 1. The first-order valence-electron chi connectivity index (χ1n) is 8.22. The number of carboxylic acid groups (broad SMARTS) is 1. The molecular weight excluding hydrogens is 339 g/mol. The maximum atomic E-state index is 13.6. The van der Waals surface area contributed by atoms with Crippen LogP contribution in [0.2, 0.25) is 0 Å². The van der Waals surface area contributed by atoms with E-state index in [-0.39, 0.29) is 18.2 Å². The molecule has 7 nitrogen and oxygen atoms in total. The second kappa shape index (κ2) is 7.38. The molecule has 0 unspecified atom stereocenters. The number of aromatic amines is 1. The van der Waals surface area contributed by atoms with E-state index in [0.717, 1.165) is 42.0 Å². The molecule has 0 bridgehead atoms. The first-order valence-corrected chi connectivity index (χ1v) is 8.22. The normalized spacial score (nSPS) is 12.4. The predicted octanol–water partition coefficient (Wildman–Crippen LogP) is 2.39. The predicted molar refractivity (Wildman–Crippen MR) is 93.4 cm³/mol. The third-order valence-electron chi connectivity index (χ3n) is 4.51. The molecule has 0 fully saturated rings. The van der Waals surface area contributed by atoms with Crippen molar-refractivity contribution in [2.45, 2.75) is 32.9 Å². The number of carbonyl (C=O) groups excluding carboxylic acids is 1. The van der Waals surface area contributed by atoms with Crippen molar-refractivity contribution in [3.63, 3.8) is 0 Å². The van der Waals surface area contributed by atoms with Crippen LogP contribution in [0.5, 0.6) is 0 Å². The van der Waals surface area contributed by atoms with E-state index < -0.39 is 0 Å². The Morgan fingerprint density at radius 1 is 1.50 bits per heavy atom. The van der Waals surface area contributed by atoms with Crippen LogP contribution in [-0.2, 0) is 24.3 Å². The van der Waals surface area contributed by atoms with Gasteiger partial charge in [0.25, 0.3) is 12.4 Å². The van der Waals surface area contributed by atoms with Gasteiger partial charge in [0, 0.05) is 28.8 Å². The average Bonchev–Trinajstić information content (AvgIpc) is 3.29. The molecule has 3 aromatic rings. The minimum Gasteiger partial charge on any atom is -0.483 e. The third kappa shape index (κ3) is 3.17. The summed E-state index contributed by atoms with van der Waals surface area (Å²) in [6.45, 7) is 2.90. The van der Waals surface area contributed by atoms with Crippen molar-refractivity contribution in [2.75, 3.05) is 0 Å². The molecule has 4 rings (SSSR count). The highest BCUT2D eigenvalue weighted by Gasteiger charge is 2.25. The molecule has 3 heterocycles. The van der Waals surface area contributed by atoms with Crippen LogP contribution in [0.1, 0.15) is 33.9 Å². The number of nitrogens with one attached hydrogen (secondary N) is 2. The van der Waals surface area contributed by atoms with Crippen molar-refractivity contribution in [3.05, 3.63) is 53.0 Å². The molecule has 136 valence electrons. The van der Waals surface area contributed by atoms with E-state index in [4.69, 9.17) is 9.90 Å². The quantitative estimate of drug-likeness (QED) is 0.626. The molecule has 1 aromatic carbocycles. The maximum absolute atomic E-state index is 13.6. The van der Waals surface area contributed by atoms with Crippen molar-refractivity contribution in [1.82, 2.24) is 19.9 Å². The topological polar surface area (TPSA) is 100 Å². The zero-order valence-corrected chi connectivity index (χ0v) is 14.3. The Balaban J connectivity index is 0.000000613. The lowest BCUT2D eigenvalue weighted by atomic mass is 10.1. The lowest BCUT2D eigenvalue weighted by Crippen LogP contribution is -2.24. The van der Waals surface area contributed by atoms with Crippen LogP contribution in [0, 0.1) is 12.7 Å². The zero-order valence-electron chi connectivity index (χ0n) is 14.3. The van der Waals surface area contributed by atoms with E-state index in [2.05, 4.69) is 19.9 Å². The number of hydrogen-bond donors (Lipinski definition) is 3. The number of halogens is 1. The second-order valence-electron chi connectivity index (χ2n) is 6.00. The van der Waals surface area contributed by atoms with Gasteiger partial charge in [-0.2, -0.15) is 0 Å². The summed E-state index contributed by atoms with van der Waals surface area (Å²) < 4.78 is 15.8. The number of imidazole rings is 1. The number of nitrogens with zero attached hydrogens (tertiary/aromatic N) is 2. The average molecular weight is 358 g/mol. The largest absolute Gasteiger partial charge is 0.483 e. The number of benzene rings is 1. The SMILES string of the molecule is Cc1[nH]cnc1CNC(=O)c1c2n(c3ccc(F)cc13)CCC2.O=CO. The summed E-state index contributed by atoms with van der Waals surface area (Å²) >= 11 is 0. The van der Waals surface area contributed by atoms with Gasteiger partial charge in [0.2, 0.25) is 0 Å². The minimum absolute atomic E-state index is 0.168. The summed E-state index contributed by atoms with van der Waals surface area (Å²) in [6, 6.07) is 4.66. The molecule has 0 atom stereocenters. The lowest BCUT2D eigenvalue weighted by molar-refractivity contribution is -0.122. The standard InChI is InChI=1S/C17H17FN4O.CH2O2/c1-10-13(21-9-20-10)8-19-17(23)16-12-7-11(18)4-5-14(12)22-6-2-3-15(16)22;2-1-3/h4-5,7,9H,2-3,6,8H2,1H3,(H,19,23)(H,20,21);1H,(H,2,3). The Labute approximate surface area is 148 Å². The van der Waals surface area contributed by atoms with Gasteiger partial charge in [-0.1, -0.05) is 0 Å². The molecule has 1 amide bonds. The van der Waals surface area contributed by atoms with Gasteiger partial charge >= 0.3 is 0 Å². The van der Waals surface area contributed by atoms with Crippen LogP contribution in [0.4, 0.5) is 4.39 Å². The van der Waals surface area contributed by atoms with E-state index in [1.54, 1.807) is 12.4 Å². The fraction of sp³-hybridized carbons (Fsp3) is 0.278. The van der Waals surface area contributed by atoms with Crippen LogP contribution >= 0.6 is 0 Å². The van der Waals surface area contributed by atoms with Crippen LogP contribution in [0.3, 0.4) is 0 Å². The van der Waals surface area contributed by atoms with Gasteiger partial charge in [0.1, 0.15) is 5.82 Å². The molecule has 0 radical (unpaired) electrons. The molecule has 0 aliphatic carbocycles. The van der Waals surface area contributed by atoms with Crippen LogP contribution in [0.15, 0.2) is 24.5 Å². The highest BCUT2D eigenvalue weighted by molar-refractivity contribution is 6.08. The number of fused-ring (bicyclic) bond motifs is 3. The van der Waals surface area contributed by atoms with Gasteiger partial charge in [-0.05, 0) is 38.0 Å². The van der Waals surface area contributed by atoms with Crippen LogP contribution in [-0.4, -0.2) is 32.0 Å². The molecule has 2 aromatic heterocycles. The molecule has 8 heteroatoms. The smallest absolute Gasteiger partial charge is 0.290 e. The zero-order chi connectivity index (χ0) is 18.7. The summed E-state index contributed by atoms with van der Waals surface area (Å²) in [7, 11) is 0. The fourth-order valence-electron chi connectivity index (χ4n) is 3.37. The number of aromatic nitrogens is 3. The fourth-order valence-corrected chi connectivity index (χ4v) is 3.37. The van der Waals surface area contributed by atoms with Gasteiger partial charge in [-0.25, -0.2) is 9.37 Å². The number of aryl methyl sites for hydroxylation is 2. The Bertz CT molecular complexity index is 961. The first kappa shape index (κ1) is 17.7. The minimum atomic E-state index is -0.320. The highest BCUT2D eigenvalue weighted by atomic mass is 19.1. The first-order chi connectivity index (χ1) is 12.6. The summed E-state index contributed by atoms with van der Waals surface area (Å²) in [5.74, 6) is -0.488. The molecule has 0 saturated heterocycles. The van der Waals surface area contributed by atoms with Crippen LogP contribution in [0.25, 0.3) is 10.9 Å². The lowest BCUT2D eigenvalue weighted by Gasteiger charge is -2.05. The third-order valence-corrected chi connectivity index (χ3v) is 4.51. The molecule has 1 aliphatic rings. The van der Waals surface area contributed by atoms with E-state index >= 15 is 0 Å². The number of hydrogen-bond acceptors (Lipinski definition) is 3. The van der Waals surface area contributed by atoms with Crippen molar-refractivity contribution in [3.8, 4) is 0 Å². The number of H-pyrrole nitrogens is 1. The Morgan fingerprint density at radius 2 is 2.27 bits per heavy atom. The Morgan fingerprint density at radius 3 is 2.96 bits per heavy atom. The number of rotatable bonds is 3. The van der Waals surface area contributed by atoms with Gasteiger partial charge in [0.05, 0.1) is 24.1 Å². The molecule has 1 aliphatic heterocycles. The molecule has 0 saturated carbocycles. The van der Waals surface area contributed by atoms with E-state index in [0.29, 0.717) is 17.5 Å². The summed E-state index contributed by atoms with van der Waals surface area (Å²) in [4.78, 5) is 28.2. The van der Waals surface area contributed by atoms with Crippen molar-refractivity contribution < 1.29 is 19.1 Å². The Hall–Kier alpha value is -3.16. The van der Waals surface area contributed by atoms with Crippen LogP contribution < -0.4 is 5.32 Å². The van der Waals surface area contributed by atoms with Gasteiger partial charge < -0.3 is 20.0 Å². The molecular formula is C18H19FN4O3. The maximum Gasteiger partial charge on any atom is 0.290 e. The summed E-state index contributed by atoms with van der Waals surface area (Å²) in [5, 5.41) is 10.5. The molecule has 0 spiro atoms. The van der Waals surface area contributed by atoms with E-state index in [1.807, 2.05) is 6.92 Å². The molecule has 3 N–H and O–H groups in total. The van der Waals surface area contributed by atoms with Crippen molar-refractivity contribution in [1.29, 1.82) is 0 Å².